The number of ketones is 2. The Morgan fingerprint density at radius 2 is 2.25 bits per heavy atom. The maximum atomic E-state index is 13.3. The van der Waals surface area contributed by atoms with Crippen LogP contribution in [0.1, 0.15) is 50.8 Å². The largest absolute Gasteiger partial charge is 0.467 e. The molecule has 28 heavy (non-hydrogen) atoms. The number of fused-ring (bicyclic) bond motifs is 5. The number of amides is 1. The topological polar surface area (TPSA) is 138 Å². The number of hydrogen-bond acceptors (Lipinski definition) is 7. The van der Waals surface area contributed by atoms with Gasteiger partial charge in [-0.2, -0.15) is 0 Å². The van der Waals surface area contributed by atoms with E-state index in [9.17, 15) is 14.4 Å². The van der Waals surface area contributed by atoms with Crippen LogP contribution in [-0.2, 0) is 24.4 Å². The summed E-state index contributed by atoms with van der Waals surface area (Å²) in [5.41, 5.74) is 7.77. The molecule has 2 unspecified atom stereocenters. The Hall–Kier alpha value is -3.33. The summed E-state index contributed by atoms with van der Waals surface area (Å²) in [6.45, 7) is 2.39. The summed E-state index contributed by atoms with van der Waals surface area (Å²) in [5, 5.41) is 6.33. The average Bonchev–Trinajstić information content (AvgIpc) is 3.02. The van der Waals surface area contributed by atoms with Crippen LogP contribution in [0.25, 0.3) is 0 Å². The Morgan fingerprint density at radius 3 is 2.96 bits per heavy atom. The van der Waals surface area contributed by atoms with Gasteiger partial charge in [-0.05, 0) is 19.1 Å². The number of nitrogens with two attached hydrogens (primary N) is 1. The van der Waals surface area contributed by atoms with Gasteiger partial charge in [-0.25, -0.2) is 4.79 Å². The number of furan rings is 1. The van der Waals surface area contributed by atoms with E-state index in [0.29, 0.717) is 34.7 Å². The first-order valence-electron chi connectivity index (χ1n) is 8.97. The number of nitrogens with one attached hydrogen (secondary N) is 2. The zero-order valence-electron chi connectivity index (χ0n) is 15.1. The number of carbonyl (C=O) groups is 3. The van der Waals surface area contributed by atoms with Crippen LogP contribution in [0, 0.1) is 0 Å². The molecule has 0 radical (unpaired) electrons. The lowest BCUT2D eigenvalue weighted by Crippen LogP contribution is -2.31. The van der Waals surface area contributed by atoms with Crippen LogP contribution < -0.4 is 16.4 Å². The number of rotatable bonds is 5. The summed E-state index contributed by atoms with van der Waals surface area (Å²) >= 11 is 0. The molecule has 9 nitrogen and oxygen atoms in total. The van der Waals surface area contributed by atoms with E-state index >= 15 is 0 Å². The van der Waals surface area contributed by atoms with Crippen LogP contribution in [0.2, 0.25) is 0 Å². The van der Waals surface area contributed by atoms with Gasteiger partial charge in [0, 0.05) is 29.4 Å². The fraction of sp³-hybridized carbons (Fsp3) is 0.316. The highest BCUT2D eigenvalue weighted by atomic mass is 16.5. The molecular weight excluding hydrogens is 364 g/mol. The fourth-order valence-corrected chi connectivity index (χ4v) is 4.19. The number of allylic oxidation sites excluding steroid dienone is 2. The number of aromatic nitrogens is 1. The molecule has 144 valence electrons. The SMILES string of the molecule is CC1=C(NCc2ccco2)C(=O)c2c(COC(N)=O)c3n(c2C1=O)CC1NC31. The zero-order chi connectivity index (χ0) is 19.6. The highest BCUT2D eigenvalue weighted by Crippen LogP contribution is 2.45. The van der Waals surface area contributed by atoms with Gasteiger partial charge in [0.2, 0.25) is 11.6 Å². The van der Waals surface area contributed by atoms with E-state index in [1.807, 2.05) is 4.57 Å². The summed E-state index contributed by atoms with van der Waals surface area (Å²) < 4.78 is 12.2. The van der Waals surface area contributed by atoms with Gasteiger partial charge in [-0.15, -0.1) is 0 Å². The molecule has 9 heteroatoms. The third kappa shape index (κ3) is 2.32. The van der Waals surface area contributed by atoms with Crippen LogP contribution in [-0.4, -0.2) is 28.3 Å². The van der Waals surface area contributed by atoms with E-state index in [4.69, 9.17) is 14.9 Å². The second-order valence-corrected chi connectivity index (χ2v) is 7.15. The summed E-state index contributed by atoms with van der Waals surface area (Å²) in [6, 6.07) is 3.85. The van der Waals surface area contributed by atoms with E-state index in [0.717, 1.165) is 5.69 Å². The Bertz CT molecular complexity index is 1060. The summed E-state index contributed by atoms with van der Waals surface area (Å²) in [5.74, 6) is 0.151. The number of hydrogen-bond donors (Lipinski definition) is 3. The summed E-state index contributed by atoms with van der Waals surface area (Å²) in [7, 11) is 0. The molecule has 2 aliphatic heterocycles. The molecule has 4 heterocycles. The monoisotopic (exact) mass is 382 g/mol. The minimum absolute atomic E-state index is 0.0671. The minimum Gasteiger partial charge on any atom is -0.467 e. The first kappa shape index (κ1) is 16.8. The number of ether oxygens (including phenoxy) is 1. The van der Waals surface area contributed by atoms with Crippen molar-refractivity contribution in [1.82, 2.24) is 15.2 Å². The highest BCUT2D eigenvalue weighted by molar-refractivity contribution is 6.26. The lowest BCUT2D eigenvalue weighted by atomic mass is 9.89. The van der Waals surface area contributed by atoms with Gasteiger partial charge >= 0.3 is 6.09 Å². The van der Waals surface area contributed by atoms with Crippen molar-refractivity contribution >= 4 is 17.7 Å². The molecule has 4 N–H and O–H groups in total. The molecule has 0 bridgehead atoms. The second kappa shape index (κ2) is 5.83. The molecule has 2 aromatic rings. The van der Waals surface area contributed by atoms with Gasteiger partial charge in [0.15, 0.2) is 0 Å². The summed E-state index contributed by atoms with van der Waals surface area (Å²) in [4.78, 5) is 37.6. The van der Waals surface area contributed by atoms with Crippen molar-refractivity contribution in [1.29, 1.82) is 0 Å². The molecule has 1 amide bonds. The molecule has 2 aromatic heterocycles. The van der Waals surface area contributed by atoms with Crippen molar-refractivity contribution in [3.63, 3.8) is 0 Å². The first-order chi connectivity index (χ1) is 13.5. The normalized spacial score (nSPS) is 22.0. The molecule has 1 saturated heterocycles. The van der Waals surface area contributed by atoms with Crippen molar-refractivity contribution in [2.45, 2.75) is 38.7 Å². The number of nitrogens with zero attached hydrogens (tertiary/aromatic N) is 1. The van der Waals surface area contributed by atoms with E-state index in [1.54, 1.807) is 25.3 Å². The van der Waals surface area contributed by atoms with Crippen molar-refractivity contribution in [2.24, 2.45) is 5.73 Å². The molecule has 1 fully saturated rings. The van der Waals surface area contributed by atoms with Crippen LogP contribution in [0.5, 0.6) is 0 Å². The van der Waals surface area contributed by atoms with E-state index in [-0.39, 0.29) is 42.5 Å². The fourth-order valence-electron chi connectivity index (χ4n) is 4.19. The van der Waals surface area contributed by atoms with Crippen molar-refractivity contribution in [3.8, 4) is 0 Å². The molecule has 3 aliphatic rings. The number of primary amides is 1. The maximum Gasteiger partial charge on any atom is 0.404 e. The van der Waals surface area contributed by atoms with E-state index in [2.05, 4.69) is 10.6 Å². The molecule has 0 spiro atoms. The third-order valence-electron chi connectivity index (χ3n) is 5.53. The van der Waals surface area contributed by atoms with Crippen LogP contribution >= 0.6 is 0 Å². The second-order valence-electron chi connectivity index (χ2n) is 7.15. The standard InChI is InChI=1S/C19H18N4O5/c1-8-13(21-5-9-3-2-4-27-9)18(25)12-10(7-28-19(20)26)15-14-11(22-14)6-23(15)16(12)17(8)24/h2-4,11,14,21-22H,5-7H2,1H3,(H2,20,26). The molecule has 2 atom stereocenters. The molecule has 0 aromatic carbocycles. The molecule has 5 rings (SSSR count). The number of carbonyl (C=O) groups excluding carboxylic acids is 3. The third-order valence-corrected chi connectivity index (χ3v) is 5.53. The van der Waals surface area contributed by atoms with Crippen LogP contribution in [0.4, 0.5) is 4.79 Å². The van der Waals surface area contributed by atoms with Crippen molar-refractivity contribution < 1.29 is 23.5 Å². The van der Waals surface area contributed by atoms with Gasteiger partial charge in [-0.3, -0.25) is 9.59 Å². The summed E-state index contributed by atoms with van der Waals surface area (Å²) in [6.07, 6.45) is 0.616. The number of Topliss-reactive ketones (excluding diaryl/α,β-unsaturated/α-hetero) is 2. The zero-order valence-corrected chi connectivity index (χ0v) is 15.1. The predicted octanol–water partition coefficient (Wildman–Crippen LogP) is 1.15. The Balaban J connectivity index is 1.56. The van der Waals surface area contributed by atoms with Gasteiger partial charge in [-0.1, -0.05) is 0 Å². The first-order valence-corrected chi connectivity index (χ1v) is 8.97. The quantitative estimate of drug-likeness (QED) is 0.659. The smallest absolute Gasteiger partial charge is 0.404 e. The van der Waals surface area contributed by atoms with E-state index in [1.165, 1.54) is 0 Å². The van der Waals surface area contributed by atoms with Gasteiger partial charge in [0.05, 0.1) is 30.1 Å². The Morgan fingerprint density at radius 1 is 1.43 bits per heavy atom. The van der Waals surface area contributed by atoms with Gasteiger partial charge < -0.3 is 30.1 Å². The van der Waals surface area contributed by atoms with Gasteiger partial charge in [0.25, 0.3) is 0 Å². The van der Waals surface area contributed by atoms with Crippen molar-refractivity contribution in [2.75, 3.05) is 0 Å². The predicted molar refractivity (Wildman–Crippen MR) is 95.4 cm³/mol. The molecule has 0 saturated carbocycles. The maximum absolute atomic E-state index is 13.3. The van der Waals surface area contributed by atoms with E-state index < -0.39 is 6.09 Å². The average molecular weight is 382 g/mol. The Labute approximate surface area is 159 Å². The lowest BCUT2D eigenvalue weighted by molar-refractivity contribution is 0.0960. The van der Waals surface area contributed by atoms with Crippen LogP contribution in [0.15, 0.2) is 34.1 Å². The van der Waals surface area contributed by atoms with Crippen molar-refractivity contribution in [3.05, 3.63) is 57.9 Å². The van der Waals surface area contributed by atoms with Gasteiger partial charge in [0.1, 0.15) is 18.1 Å². The highest BCUT2D eigenvalue weighted by Gasteiger charge is 2.51. The van der Waals surface area contributed by atoms with Crippen LogP contribution in [0.3, 0.4) is 0 Å². The minimum atomic E-state index is -0.926. The molecule has 1 aliphatic carbocycles. The molecular formula is C19H18N4O5. The lowest BCUT2D eigenvalue weighted by Gasteiger charge is -2.20. The Kier molecular flexibility index (Phi) is 3.50.